The predicted octanol–water partition coefficient (Wildman–Crippen LogP) is 1.40. The third kappa shape index (κ3) is 3.46. The number of carbonyl (C=O) groups excluding carboxylic acids is 1. The highest BCUT2D eigenvalue weighted by Crippen LogP contribution is 2.25. The third-order valence-corrected chi connectivity index (χ3v) is 4.92. The molecule has 7 heteroatoms. The lowest BCUT2D eigenvalue weighted by molar-refractivity contribution is -0.120. The van der Waals surface area contributed by atoms with Crippen molar-refractivity contribution in [1.29, 1.82) is 0 Å². The first kappa shape index (κ1) is 13.4. The van der Waals surface area contributed by atoms with E-state index in [1.807, 2.05) is 0 Å². The SMILES string of the molecule is O=C(O)c1csc(CCNC(=O)C2CCCS2)n1. The molecule has 98 valence electrons. The summed E-state index contributed by atoms with van der Waals surface area (Å²) in [6.45, 7) is 0.516. The van der Waals surface area contributed by atoms with Gasteiger partial charge in [-0.1, -0.05) is 0 Å². The lowest BCUT2D eigenvalue weighted by atomic mass is 10.2. The quantitative estimate of drug-likeness (QED) is 0.855. The number of rotatable bonds is 5. The average molecular weight is 286 g/mol. The second kappa shape index (κ2) is 6.19. The van der Waals surface area contributed by atoms with Crippen LogP contribution >= 0.6 is 23.1 Å². The minimum Gasteiger partial charge on any atom is -0.476 e. The fraction of sp³-hybridized carbons (Fsp3) is 0.545. The number of thiazole rings is 1. The normalized spacial score (nSPS) is 18.8. The number of hydrogen-bond donors (Lipinski definition) is 2. The molecule has 18 heavy (non-hydrogen) atoms. The van der Waals surface area contributed by atoms with E-state index >= 15 is 0 Å². The molecule has 1 aromatic heterocycles. The van der Waals surface area contributed by atoms with Crippen molar-refractivity contribution in [2.75, 3.05) is 12.3 Å². The van der Waals surface area contributed by atoms with Gasteiger partial charge in [0.2, 0.25) is 5.91 Å². The van der Waals surface area contributed by atoms with Crippen LogP contribution in [0.1, 0.15) is 28.3 Å². The van der Waals surface area contributed by atoms with Crippen molar-refractivity contribution in [3.8, 4) is 0 Å². The average Bonchev–Trinajstić information content (AvgIpc) is 3.00. The van der Waals surface area contributed by atoms with Crippen LogP contribution in [0.25, 0.3) is 0 Å². The fourth-order valence-corrected chi connectivity index (χ4v) is 3.67. The Balaban J connectivity index is 1.74. The third-order valence-electron chi connectivity index (χ3n) is 2.63. The van der Waals surface area contributed by atoms with Crippen LogP contribution in [-0.4, -0.2) is 39.5 Å². The van der Waals surface area contributed by atoms with E-state index in [2.05, 4.69) is 10.3 Å². The van der Waals surface area contributed by atoms with Crippen molar-refractivity contribution in [1.82, 2.24) is 10.3 Å². The van der Waals surface area contributed by atoms with Crippen LogP contribution in [0, 0.1) is 0 Å². The lowest BCUT2D eigenvalue weighted by Gasteiger charge is -2.08. The number of aromatic nitrogens is 1. The lowest BCUT2D eigenvalue weighted by Crippen LogP contribution is -2.32. The van der Waals surface area contributed by atoms with Crippen LogP contribution in [0.4, 0.5) is 0 Å². The van der Waals surface area contributed by atoms with E-state index in [0.717, 1.165) is 23.6 Å². The van der Waals surface area contributed by atoms with Crippen LogP contribution in [0.15, 0.2) is 5.38 Å². The molecule has 2 heterocycles. The van der Waals surface area contributed by atoms with Crippen molar-refractivity contribution in [3.63, 3.8) is 0 Å². The molecule has 0 radical (unpaired) electrons. The predicted molar refractivity (Wildman–Crippen MR) is 71.3 cm³/mol. The van der Waals surface area contributed by atoms with Crippen molar-refractivity contribution < 1.29 is 14.7 Å². The zero-order chi connectivity index (χ0) is 13.0. The van der Waals surface area contributed by atoms with Gasteiger partial charge in [-0.2, -0.15) is 0 Å². The number of carboxylic acids is 1. The standard InChI is InChI=1S/C11H14N2O3S2/c14-10(8-2-1-5-17-8)12-4-3-9-13-7(6-18-9)11(15)16/h6,8H,1-5H2,(H,12,14)(H,15,16). The summed E-state index contributed by atoms with van der Waals surface area (Å²) in [5.41, 5.74) is 0.0766. The van der Waals surface area contributed by atoms with Gasteiger partial charge in [0.25, 0.3) is 0 Å². The number of nitrogens with one attached hydrogen (secondary N) is 1. The largest absolute Gasteiger partial charge is 0.476 e. The Morgan fingerprint density at radius 1 is 1.56 bits per heavy atom. The number of nitrogens with zero attached hydrogens (tertiary/aromatic N) is 1. The molecule has 1 amide bonds. The highest BCUT2D eigenvalue weighted by atomic mass is 32.2. The Labute approximate surface area is 113 Å². The summed E-state index contributed by atoms with van der Waals surface area (Å²) in [7, 11) is 0. The molecule has 1 fully saturated rings. The first-order chi connectivity index (χ1) is 8.66. The molecule has 1 saturated heterocycles. The van der Waals surface area contributed by atoms with Gasteiger partial charge in [-0.3, -0.25) is 4.79 Å². The highest BCUT2D eigenvalue weighted by molar-refractivity contribution is 8.00. The van der Waals surface area contributed by atoms with Crippen molar-refractivity contribution in [3.05, 3.63) is 16.1 Å². The second-order valence-electron chi connectivity index (χ2n) is 3.97. The van der Waals surface area contributed by atoms with E-state index in [-0.39, 0.29) is 16.9 Å². The van der Waals surface area contributed by atoms with Gasteiger partial charge in [0.1, 0.15) is 0 Å². The van der Waals surface area contributed by atoms with Crippen molar-refractivity contribution in [2.45, 2.75) is 24.5 Å². The van der Waals surface area contributed by atoms with Gasteiger partial charge < -0.3 is 10.4 Å². The van der Waals surface area contributed by atoms with Crippen LogP contribution in [0.2, 0.25) is 0 Å². The van der Waals surface area contributed by atoms with Crippen molar-refractivity contribution in [2.24, 2.45) is 0 Å². The summed E-state index contributed by atoms with van der Waals surface area (Å²) in [4.78, 5) is 26.3. The smallest absolute Gasteiger partial charge is 0.355 e. The van der Waals surface area contributed by atoms with Gasteiger partial charge in [-0.05, 0) is 18.6 Å². The molecule has 0 bridgehead atoms. The maximum absolute atomic E-state index is 11.7. The van der Waals surface area contributed by atoms with Crippen LogP contribution < -0.4 is 5.32 Å². The first-order valence-electron chi connectivity index (χ1n) is 5.74. The van der Waals surface area contributed by atoms with Gasteiger partial charge in [-0.25, -0.2) is 9.78 Å². The summed E-state index contributed by atoms with van der Waals surface area (Å²) >= 11 is 3.02. The van der Waals surface area contributed by atoms with Gasteiger partial charge in [0, 0.05) is 18.3 Å². The topological polar surface area (TPSA) is 79.3 Å². The Kier molecular flexibility index (Phi) is 4.60. The van der Waals surface area contributed by atoms with E-state index in [1.54, 1.807) is 11.8 Å². The van der Waals surface area contributed by atoms with Crippen molar-refractivity contribution >= 4 is 35.0 Å². The zero-order valence-corrected chi connectivity index (χ0v) is 11.4. The molecular formula is C11H14N2O3S2. The molecule has 0 spiro atoms. The molecular weight excluding hydrogens is 272 g/mol. The summed E-state index contributed by atoms with van der Waals surface area (Å²) in [6, 6.07) is 0. The maximum atomic E-state index is 11.7. The molecule has 0 aromatic carbocycles. The summed E-state index contributed by atoms with van der Waals surface area (Å²) < 4.78 is 0. The van der Waals surface area contributed by atoms with Gasteiger partial charge >= 0.3 is 5.97 Å². The number of amides is 1. The summed E-state index contributed by atoms with van der Waals surface area (Å²) in [5.74, 6) is 0.142. The summed E-state index contributed by atoms with van der Waals surface area (Å²) in [6.07, 6.45) is 2.65. The van der Waals surface area contributed by atoms with E-state index in [4.69, 9.17) is 5.11 Å². The fourth-order valence-electron chi connectivity index (χ4n) is 1.71. The van der Waals surface area contributed by atoms with Gasteiger partial charge in [0.05, 0.1) is 10.3 Å². The van der Waals surface area contributed by atoms with E-state index in [9.17, 15) is 9.59 Å². The molecule has 5 nitrogen and oxygen atoms in total. The summed E-state index contributed by atoms with van der Waals surface area (Å²) in [5, 5.41) is 14.0. The minimum absolute atomic E-state index is 0.0766. The van der Waals surface area contributed by atoms with E-state index in [0.29, 0.717) is 13.0 Å². The molecule has 1 aliphatic rings. The number of carbonyl (C=O) groups is 2. The van der Waals surface area contributed by atoms with Crippen LogP contribution in [-0.2, 0) is 11.2 Å². The van der Waals surface area contributed by atoms with Gasteiger partial charge in [0.15, 0.2) is 5.69 Å². The monoisotopic (exact) mass is 286 g/mol. The number of carboxylic acid groups (broad SMARTS) is 1. The molecule has 1 unspecified atom stereocenters. The number of thioether (sulfide) groups is 1. The maximum Gasteiger partial charge on any atom is 0.355 e. The molecule has 1 atom stereocenters. The Bertz CT molecular complexity index is 441. The van der Waals surface area contributed by atoms with Crippen LogP contribution in [0.3, 0.4) is 0 Å². The number of hydrogen-bond acceptors (Lipinski definition) is 5. The Morgan fingerprint density at radius 3 is 3.00 bits per heavy atom. The molecule has 0 aliphatic carbocycles. The van der Waals surface area contributed by atoms with E-state index < -0.39 is 5.97 Å². The molecule has 2 N–H and O–H groups in total. The van der Waals surface area contributed by atoms with Crippen LogP contribution in [0.5, 0.6) is 0 Å². The molecule has 0 saturated carbocycles. The second-order valence-corrected chi connectivity index (χ2v) is 6.23. The number of aromatic carboxylic acids is 1. The Morgan fingerprint density at radius 2 is 2.39 bits per heavy atom. The van der Waals surface area contributed by atoms with E-state index in [1.165, 1.54) is 16.7 Å². The minimum atomic E-state index is -1.01. The van der Waals surface area contributed by atoms with Gasteiger partial charge in [-0.15, -0.1) is 23.1 Å². The Hall–Kier alpha value is -1.08. The highest BCUT2D eigenvalue weighted by Gasteiger charge is 2.22. The molecule has 1 aromatic rings. The zero-order valence-electron chi connectivity index (χ0n) is 9.72. The first-order valence-corrected chi connectivity index (χ1v) is 7.66. The molecule has 1 aliphatic heterocycles. The molecule has 2 rings (SSSR count).